The zero-order valence-corrected chi connectivity index (χ0v) is 23.0. The minimum absolute atomic E-state index is 0.0374. The van der Waals surface area contributed by atoms with Crippen LogP contribution in [-0.2, 0) is 38.5 Å². The Morgan fingerprint density at radius 3 is 2.68 bits per heavy atom. The van der Waals surface area contributed by atoms with Gasteiger partial charge in [-0.15, -0.1) is 11.3 Å². The number of thiophene rings is 1. The van der Waals surface area contributed by atoms with Crippen LogP contribution in [0.4, 0.5) is 0 Å². The summed E-state index contributed by atoms with van der Waals surface area (Å²) in [5.74, 6) is -1.11. The van der Waals surface area contributed by atoms with E-state index in [1.54, 1.807) is 18.2 Å². The van der Waals surface area contributed by atoms with Crippen molar-refractivity contribution in [1.29, 1.82) is 0 Å². The van der Waals surface area contributed by atoms with Gasteiger partial charge in [-0.05, 0) is 49.1 Å². The zero-order chi connectivity index (χ0) is 26.5. The van der Waals surface area contributed by atoms with Gasteiger partial charge in [-0.1, -0.05) is 23.7 Å². The summed E-state index contributed by atoms with van der Waals surface area (Å²) in [6.07, 6.45) is 1.68. The number of nitrogens with one attached hydrogen (secondary N) is 1. The lowest BCUT2D eigenvalue weighted by atomic mass is 9.97. The Balaban J connectivity index is 1.64. The van der Waals surface area contributed by atoms with E-state index in [9.17, 15) is 18.0 Å². The molecule has 2 aliphatic heterocycles. The van der Waals surface area contributed by atoms with E-state index in [0.717, 1.165) is 23.3 Å². The topological polar surface area (TPSA) is 111 Å². The van der Waals surface area contributed by atoms with Crippen molar-refractivity contribution in [3.8, 4) is 10.4 Å². The highest BCUT2D eigenvalue weighted by atomic mass is 35.5. The summed E-state index contributed by atoms with van der Waals surface area (Å²) in [6.45, 7) is 0.626. The number of halogens is 1. The molecule has 9 nitrogen and oxygen atoms in total. The number of nitrogens with zero attached hydrogens (tertiary/aromatic N) is 1. The molecule has 0 saturated carbocycles. The molecule has 37 heavy (non-hydrogen) atoms. The van der Waals surface area contributed by atoms with Gasteiger partial charge in [0.15, 0.2) is 16.1 Å². The maximum absolute atomic E-state index is 13.9. The van der Waals surface area contributed by atoms with Crippen molar-refractivity contribution >= 4 is 44.6 Å². The first-order chi connectivity index (χ1) is 17.7. The van der Waals surface area contributed by atoms with Crippen LogP contribution in [0, 0.1) is 0 Å². The molecule has 4 rings (SSSR count). The van der Waals surface area contributed by atoms with Crippen molar-refractivity contribution in [3.63, 3.8) is 0 Å². The highest BCUT2D eigenvalue weighted by molar-refractivity contribution is 7.92. The maximum Gasteiger partial charge on any atom is 0.248 e. The van der Waals surface area contributed by atoms with Gasteiger partial charge in [0.2, 0.25) is 11.8 Å². The molecule has 1 unspecified atom stereocenters. The number of carbonyl (C=O) groups is 2. The summed E-state index contributed by atoms with van der Waals surface area (Å²) in [7, 11) is -2.45. The molecule has 2 amide bonds. The summed E-state index contributed by atoms with van der Waals surface area (Å²) < 4.78 is 36.6. The SMILES string of the molecule is COCC(=O)N1CC[C@](CC(=O)NOC2CCCCO2)(c2ccc(-c3ccc(Cl)cc3)s2)S(=O)(=O)CC1. The third kappa shape index (κ3) is 6.52. The van der Waals surface area contributed by atoms with Gasteiger partial charge in [0.05, 0.1) is 12.2 Å². The molecule has 2 saturated heterocycles. The van der Waals surface area contributed by atoms with E-state index in [-0.39, 0.29) is 44.2 Å². The molecule has 202 valence electrons. The van der Waals surface area contributed by atoms with E-state index in [1.807, 2.05) is 18.2 Å². The molecule has 1 aromatic carbocycles. The van der Waals surface area contributed by atoms with E-state index in [1.165, 1.54) is 23.3 Å². The summed E-state index contributed by atoms with van der Waals surface area (Å²) in [4.78, 5) is 33.9. The van der Waals surface area contributed by atoms with Gasteiger partial charge in [-0.2, -0.15) is 0 Å². The summed E-state index contributed by atoms with van der Waals surface area (Å²) in [5.41, 5.74) is 3.30. The minimum Gasteiger partial charge on any atom is -0.375 e. The number of hydrogen-bond donors (Lipinski definition) is 1. The van der Waals surface area contributed by atoms with Crippen molar-refractivity contribution in [2.45, 2.75) is 43.1 Å². The first kappa shape index (κ1) is 28.0. The van der Waals surface area contributed by atoms with Crippen molar-refractivity contribution in [3.05, 3.63) is 46.3 Å². The molecule has 2 aliphatic rings. The Kier molecular flexibility index (Phi) is 9.25. The van der Waals surface area contributed by atoms with E-state index < -0.39 is 26.8 Å². The monoisotopic (exact) mass is 570 g/mol. The fourth-order valence-electron chi connectivity index (χ4n) is 4.62. The molecule has 0 aliphatic carbocycles. The summed E-state index contributed by atoms with van der Waals surface area (Å²) in [6, 6.07) is 10.9. The Labute approximate surface area is 225 Å². The molecular formula is C25H31ClN2O7S2. The van der Waals surface area contributed by atoms with Crippen LogP contribution in [0.25, 0.3) is 10.4 Å². The van der Waals surface area contributed by atoms with Crippen molar-refractivity contribution in [2.24, 2.45) is 0 Å². The average molecular weight is 571 g/mol. The minimum atomic E-state index is -3.86. The van der Waals surface area contributed by atoms with Crippen LogP contribution < -0.4 is 5.48 Å². The molecule has 1 N–H and O–H groups in total. The molecule has 2 aromatic rings. The Morgan fingerprint density at radius 1 is 1.19 bits per heavy atom. The lowest BCUT2D eigenvalue weighted by Gasteiger charge is -2.31. The molecular weight excluding hydrogens is 540 g/mol. The fraction of sp³-hybridized carbons (Fsp3) is 0.520. The second kappa shape index (κ2) is 12.2. The van der Waals surface area contributed by atoms with Crippen LogP contribution >= 0.6 is 22.9 Å². The number of ether oxygens (including phenoxy) is 2. The first-order valence-electron chi connectivity index (χ1n) is 12.2. The molecule has 12 heteroatoms. The lowest BCUT2D eigenvalue weighted by molar-refractivity contribution is -0.200. The number of amides is 2. The third-order valence-electron chi connectivity index (χ3n) is 6.70. The second-order valence-corrected chi connectivity index (χ2v) is 13.1. The molecule has 0 radical (unpaired) electrons. The number of sulfone groups is 1. The van der Waals surface area contributed by atoms with Crippen LogP contribution in [-0.4, -0.2) is 70.6 Å². The highest BCUT2D eigenvalue weighted by Crippen LogP contribution is 2.45. The van der Waals surface area contributed by atoms with Crippen LogP contribution in [0.1, 0.15) is 37.0 Å². The number of carbonyl (C=O) groups excluding carboxylic acids is 2. The molecule has 0 bridgehead atoms. The zero-order valence-electron chi connectivity index (χ0n) is 20.6. The van der Waals surface area contributed by atoms with Gasteiger partial charge in [0.1, 0.15) is 11.4 Å². The van der Waals surface area contributed by atoms with Gasteiger partial charge in [0, 0.05) is 48.0 Å². The number of benzene rings is 1. The van der Waals surface area contributed by atoms with Gasteiger partial charge in [0.25, 0.3) is 0 Å². The predicted octanol–water partition coefficient (Wildman–Crippen LogP) is 3.52. The van der Waals surface area contributed by atoms with Crippen molar-refractivity contribution < 1.29 is 32.3 Å². The van der Waals surface area contributed by atoms with Gasteiger partial charge in [-0.3, -0.25) is 9.59 Å². The number of methoxy groups -OCH3 is 1. The standard InChI is InChI=1S/C25H31ClN2O7S2/c1-33-17-23(30)28-12-11-25(37(31,32)15-13-28,16-22(29)27-35-24-4-2-3-14-34-24)21-10-9-20(36-21)18-5-7-19(26)8-6-18/h5-10,24H,2-4,11-17H2,1H3,(H,27,29)/t24?,25-/m0/s1. The second-order valence-electron chi connectivity index (χ2n) is 9.16. The van der Waals surface area contributed by atoms with Crippen LogP contribution in [0.15, 0.2) is 36.4 Å². The molecule has 0 spiro atoms. The van der Waals surface area contributed by atoms with Gasteiger partial charge < -0.3 is 14.4 Å². The maximum atomic E-state index is 13.9. The van der Waals surface area contributed by atoms with E-state index in [4.69, 9.17) is 25.9 Å². The Morgan fingerprint density at radius 2 is 1.97 bits per heavy atom. The number of hydrogen-bond acceptors (Lipinski definition) is 8. The average Bonchev–Trinajstić information content (AvgIpc) is 3.33. The molecule has 1 aromatic heterocycles. The molecule has 3 heterocycles. The van der Waals surface area contributed by atoms with Crippen LogP contribution in [0.2, 0.25) is 5.02 Å². The summed E-state index contributed by atoms with van der Waals surface area (Å²) >= 11 is 7.35. The normalized spacial score (nSPS) is 23.8. The van der Waals surface area contributed by atoms with E-state index in [2.05, 4.69) is 5.48 Å². The smallest absolute Gasteiger partial charge is 0.248 e. The first-order valence-corrected chi connectivity index (χ1v) is 15.0. The number of hydroxylamine groups is 1. The fourth-order valence-corrected chi connectivity index (χ4v) is 8.35. The Bertz CT molecular complexity index is 1200. The van der Waals surface area contributed by atoms with Gasteiger partial charge >= 0.3 is 0 Å². The molecule has 2 fully saturated rings. The quantitative estimate of drug-likeness (QED) is 0.483. The third-order valence-corrected chi connectivity index (χ3v) is 10.9. The number of rotatable bonds is 8. The highest BCUT2D eigenvalue weighted by Gasteiger charge is 2.50. The molecule has 2 atom stereocenters. The van der Waals surface area contributed by atoms with Crippen LogP contribution in [0.5, 0.6) is 0 Å². The Hall–Kier alpha value is -2.02. The van der Waals surface area contributed by atoms with Crippen LogP contribution in [0.3, 0.4) is 0 Å². The summed E-state index contributed by atoms with van der Waals surface area (Å²) in [5, 5.41) is 0.600. The van der Waals surface area contributed by atoms with E-state index >= 15 is 0 Å². The van der Waals surface area contributed by atoms with Crippen molar-refractivity contribution in [2.75, 3.05) is 39.2 Å². The predicted molar refractivity (Wildman–Crippen MR) is 141 cm³/mol. The lowest BCUT2D eigenvalue weighted by Crippen LogP contribution is -2.43. The van der Waals surface area contributed by atoms with Gasteiger partial charge in [-0.25, -0.2) is 18.7 Å². The van der Waals surface area contributed by atoms with E-state index in [0.29, 0.717) is 22.9 Å². The van der Waals surface area contributed by atoms with Crippen molar-refractivity contribution in [1.82, 2.24) is 10.4 Å². The largest absolute Gasteiger partial charge is 0.375 e.